The van der Waals surface area contributed by atoms with E-state index in [0.717, 1.165) is 0 Å². The predicted molar refractivity (Wildman–Crippen MR) is 50.7 cm³/mol. The molecule has 72 valence electrons. The molecular formula is C9H9N3O2. The van der Waals surface area contributed by atoms with E-state index in [-0.39, 0.29) is 0 Å². The Morgan fingerprint density at radius 1 is 1.43 bits per heavy atom. The third-order valence-electron chi connectivity index (χ3n) is 1.76. The largest absolute Gasteiger partial charge is 0.493 e. The van der Waals surface area contributed by atoms with E-state index in [4.69, 9.17) is 14.9 Å². The SMILES string of the molecule is COc1ccc(-c2ncco2)nc1N. The number of hydrogen-bond donors (Lipinski definition) is 1. The van der Waals surface area contributed by atoms with Gasteiger partial charge in [0.2, 0.25) is 5.89 Å². The van der Waals surface area contributed by atoms with Gasteiger partial charge in [0.05, 0.1) is 13.3 Å². The van der Waals surface area contributed by atoms with Crippen LogP contribution in [0.25, 0.3) is 11.6 Å². The Hall–Kier alpha value is -2.04. The maximum atomic E-state index is 5.63. The molecule has 5 heteroatoms. The van der Waals surface area contributed by atoms with E-state index in [9.17, 15) is 0 Å². The minimum atomic E-state index is 0.322. The van der Waals surface area contributed by atoms with Gasteiger partial charge in [-0.3, -0.25) is 0 Å². The van der Waals surface area contributed by atoms with Gasteiger partial charge in [0, 0.05) is 0 Å². The lowest BCUT2D eigenvalue weighted by Gasteiger charge is -2.03. The first-order valence-corrected chi connectivity index (χ1v) is 4.01. The van der Waals surface area contributed by atoms with Gasteiger partial charge in [0.25, 0.3) is 0 Å². The van der Waals surface area contributed by atoms with Crippen molar-refractivity contribution in [2.75, 3.05) is 12.8 Å². The van der Waals surface area contributed by atoms with Gasteiger partial charge in [-0.15, -0.1) is 0 Å². The zero-order valence-corrected chi connectivity index (χ0v) is 7.60. The van der Waals surface area contributed by atoms with Gasteiger partial charge in [0.15, 0.2) is 11.6 Å². The van der Waals surface area contributed by atoms with Gasteiger partial charge in [-0.1, -0.05) is 0 Å². The average molecular weight is 191 g/mol. The summed E-state index contributed by atoms with van der Waals surface area (Å²) < 4.78 is 10.1. The predicted octanol–water partition coefficient (Wildman–Crippen LogP) is 1.33. The van der Waals surface area contributed by atoms with Gasteiger partial charge in [-0.25, -0.2) is 9.97 Å². The minimum absolute atomic E-state index is 0.322. The Kier molecular flexibility index (Phi) is 2.06. The summed E-state index contributed by atoms with van der Waals surface area (Å²) in [5, 5.41) is 0. The molecule has 2 N–H and O–H groups in total. The lowest BCUT2D eigenvalue weighted by Crippen LogP contribution is -1.96. The monoisotopic (exact) mass is 191 g/mol. The summed E-state index contributed by atoms with van der Waals surface area (Å²) in [6, 6.07) is 3.46. The van der Waals surface area contributed by atoms with Crippen molar-refractivity contribution in [3.63, 3.8) is 0 Å². The first-order chi connectivity index (χ1) is 6.81. The molecule has 0 radical (unpaired) electrons. The molecule has 0 aliphatic carbocycles. The molecule has 0 unspecified atom stereocenters. The van der Waals surface area contributed by atoms with Crippen LogP contribution in [0.4, 0.5) is 5.82 Å². The molecule has 2 rings (SSSR count). The summed E-state index contributed by atoms with van der Waals surface area (Å²) >= 11 is 0. The Labute approximate surface area is 80.5 Å². The number of pyridine rings is 1. The van der Waals surface area contributed by atoms with E-state index in [0.29, 0.717) is 23.2 Å². The molecule has 0 bridgehead atoms. The highest BCUT2D eigenvalue weighted by molar-refractivity contribution is 5.56. The van der Waals surface area contributed by atoms with E-state index < -0.39 is 0 Å². The molecule has 0 atom stereocenters. The van der Waals surface area contributed by atoms with Crippen molar-refractivity contribution < 1.29 is 9.15 Å². The summed E-state index contributed by atoms with van der Waals surface area (Å²) in [4.78, 5) is 8.04. The second kappa shape index (κ2) is 3.37. The maximum absolute atomic E-state index is 5.63. The fourth-order valence-electron chi connectivity index (χ4n) is 1.10. The number of aromatic nitrogens is 2. The van der Waals surface area contributed by atoms with Gasteiger partial charge in [-0.2, -0.15) is 0 Å². The van der Waals surface area contributed by atoms with Crippen LogP contribution in [0.3, 0.4) is 0 Å². The molecule has 0 amide bonds. The van der Waals surface area contributed by atoms with Crippen LogP contribution in [0.2, 0.25) is 0 Å². The smallest absolute Gasteiger partial charge is 0.245 e. The van der Waals surface area contributed by atoms with Crippen molar-refractivity contribution >= 4 is 5.82 Å². The Bertz CT molecular complexity index is 426. The number of methoxy groups -OCH3 is 1. The quantitative estimate of drug-likeness (QED) is 0.775. The minimum Gasteiger partial charge on any atom is -0.493 e. The summed E-state index contributed by atoms with van der Waals surface area (Å²) in [5.41, 5.74) is 6.22. The number of hydrogen-bond acceptors (Lipinski definition) is 5. The zero-order valence-electron chi connectivity index (χ0n) is 7.60. The fraction of sp³-hybridized carbons (Fsp3) is 0.111. The molecule has 5 nitrogen and oxygen atoms in total. The lowest BCUT2D eigenvalue weighted by atomic mass is 10.3. The second-order valence-electron chi connectivity index (χ2n) is 2.62. The highest BCUT2D eigenvalue weighted by atomic mass is 16.5. The fourth-order valence-corrected chi connectivity index (χ4v) is 1.10. The topological polar surface area (TPSA) is 74.2 Å². The van der Waals surface area contributed by atoms with Crippen LogP contribution in [0, 0.1) is 0 Å². The summed E-state index contributed by atoms with van der Waals surface area (Å²) in [6.07, 6.45) is 3.04. The Balaban J connectivity index is 2.43. The maximum Gasteiger partial charge on any atom is 0.245 e. The van der Waals surface area contributed by atoms with E-state index in [1.165, 1.54) is 13.4 Å². The summed E-state index contributed by atoms with van der Waals surface area (Å²) in [7, 11) is 1.54. The third kappa shape index (κ3) is 1.39. The molecule has 2 aromatic rings. The number of ether oxygens (including phenoxy) is 1. The summed E-state index contributed by atoms with van der Waals surface area (Å²) in [6.45, 7) is 0. The second-order valence-corrected chi connectivity index (χ2v) is 2.62. The van der Waals surface area contributed by atoms with Crippen molar-refractivity contribution in [1.29, 1.82) is 0 Å². The average Bonchev–Trinajstić information content (AvgIpc) is 2.70. The van der Waals surface area contributed by atoms with Crippen molar-refractivity contribution in [2.45, 2.75) is 0 Å². The zero-order chi connectivity index (χ0) is 9.97. The van der Waals surface area contributed by atoms with E-state index in [1.54, 1.807) is 18.3 Å². The van der Waals surface area contributed by atoms with Gasteiger partial charge in [-0.05, 0) is 12.1 Å². The number of nitrogens with zero attached hydrogens (tertiary/aromatic N) is 2. The molecule has 2 aromatic heterocycles. The van der Waals surface area contributed by atoms with Crippen LogP contribution >= 0.6 is 0 Å². The highest BCUT2D eigenvalue weighted by Gasteiger charge is 2.07. The van der Waals surface area contributed by atoms with Crippen molar-refractivity contribution in [3.8, 4) is 17.3 Å². The van der Waals surface area contributed by atoms with Crippen LogP contribution < -0.4 is 10.5 Å². The Morgan fingerprint density at radius 3 is 2.86 bits per heavy atom. The van der Waals surface area contributed by atoms with Crippen LogP contribution in [0.15, 0.2) is 29.0 Å². The van der Waals surface area contributed by atoms with E-state index in [1.807, 2.05) is 0 Å². The van der Waals surface area contributed by atoms with Crippen LogP contribution in [0.5, 0.6) is 5.75 Å². The number of nitrogen functional groups attached to an aromatic ring is 1. The molecular weight excluding hydrogens is 182 g/mol. The van der Waals surface area contributed by atoms with Crippen molar-refractivity contribution in [1.82, 2.24) is 9.97 Å². The molecule has 0 aromatic carbocycles. The summed E-state index contributed by atoms with van der Waals surface area (Å²) in [5.74, 6) is 1.31. The number of nitrogens with two attached hydrogens (primary N) is 1. The highest BCUT2D eigenvalue weighted by Crippen LogP contribution is 2.23. The number of oxazole rings is 1. The van der Waals surface area contributed by atoms with Gasteiger partial charge >= 0.3 is 0 Å². The first-order valence-electron chi connectivity index (χ1n) is 4.01. The van der Waals surface area contributed by atoms with Crippen molar-refractivity contribution in [3.05, 3.63) is 24.6 Å². The molecule has 0 saturated carbocycles. The van der Waals surface area contributed by atoms with E-state index >= 15 is 0 Å². The first kappa shape index (κ1) is 8.55. The molecule has 2 heterocycles. The normalized spacial score (nSPS) is 10.1. The molecule has 0 aliphatic rings. The van der Waals surface area contributed by atoms with Crippen molar-refractivity contribution in [2.24, 2.45) is 0 Å². The molecule has 0 saturated heterocycles. The Morgan fingerprint density at radius 2 is 2.29 bits per heavy atom. The number of rotatable bonds is 2. The van der Waals surface area contributed by atoms with Crippen LogP contribution in [-0.2, 0) is 0 Å². The van der Waals surface area contributed by atoms with Crippen LogP contribution in [0.1, 0.15) is 0 Å². The third-order valence-corrected chi connectivity index (χ3v) is 1.76. The molecule has 14 heavy (non-hydrogen) atoms. The molecule has 0 fully saturated rings. The molecule has 0 aliphatic heterocycles. The van der Waals surface area contributed by atoms with Crippen LogP contribution in [-0.4, -0.2) is 17.1 Å². The standard InChI is InChI=1S/C9H9N3O2/c1-13-7-3-2-6(12-8(7)10)9-11-4-5-14-9/h2-5H,1H3,(H2,10,12). The van der Waals surface area contributed by atoms with Gasteiger partial charge in [0.1, 0.15) is 12.0 Å². The molecule has 0 spiro atoms. The lowest BCUT2D eigenvalue weighted by molar-refractivity contribution is 0.415. The number of anilines is 1. The van der Waals surface area contributed by atoms with Gasteiger partial charge < -0.3 is 14.9 Å². The van der Waals surface area contributed by atoms with E-state index in [2.05, 4.69) is 9.97 Å².